The van der Waals surface area contributed by atoms with Gasteiger partial charge in [-0.3, -0.25) is 4.79 Å². The van der Waals surface area contributed by atoms with Crippen molar-refractivity contribution in [1.29, 1.82) is 0 Å². The minimum absolute atomic E-state index is 0.0386. The standard InChI is InChI=1S/C18H24N2O5/c1-24-15-7-4-12-8-14(10-25-16(12)9-15)20-18(23)19-13-5-2-11(3-6-13)17(21)22/h4,7,9,11,13-14H,2-3,5-6,8,10H2,1H3,(H,21,22)(H2,19,20,23). The number of hydrogen-bond donors (Lipinski definition) is 3. The smallest absolute Gasteiger partial charge is 0.315 e. The van der Waals surface area contributed by atoms with Crippen LogP contribution in [0.25, 0.3) is 0 Å². The molecular formula is C18H24N2O5. The molecule has 1 atom stereocenters. The van der Waals surface area contributed by atoms with Crippen molar-refractivity contribution in [2.45, 2.75) is 44.2 Å². The molecule has 0 bridgehead atoms. The van der Waals surface area contributed by atoms with Crippen LogP contribution in [0, 0.1) is 5.92 Å². The second kappa shape index (κ2) is 7.63. The Kier molecular flexibility index (Phi) is 5.31. The first-order valence-corrected chi connectivity index (χ1v) is 8.64. The molecule has 1 saturated carbocycles. The molecule has 0 aromatic heterocycles. The van der Waals surface area contributed by atoms with Crippen LogP contribution in [0.2, 0.25) is 0 Å². The highest BCUT2D eigenvalue weighted by Gasteiger charge is 2.28. The molecule has 0 radical (unpaired) electrons. The Morgan fingerprint density at radius 3 is 2.56 bits per heavy atom. The molecule has 1 aliphatic heterocycles. The Labute approximate surface area is 146 Å². The molecule has 1 unspecified atom stereocenters. The molecule has 136 valence electrons. The number of amides is 2. The average Bonchev–Trinajstić information content (AvgIpc) is 2.61. The second-order valence-electron chi connectivity index (χ2n) is 6.69. The van der Waals surface area contributed by atoms with Gasteiger partial charge in [0.15, 0.2) is 0 Å². The second-order valence-corrected chi connectivity index (χ2v) is 6.69. The van der Waals surface area contributed by atoms with Gasteiger partial charge in [-0.1, -0.05) is 6.07 Å². The SMILES string of the molecule is COc1ccc2c(c1)OCC(NC(=O)NC1CCC(C(=O)O)CC1)C2. The predicted molar refractivity (Wildman–Crippen MR) is 91.0 cm³/mol. The maximum absolute atomic E-state index is 12.2. The van der Waals surface area contributed by atoms with E-state index in [-0.39, 0.29) is 24.0 Å². The van der Waals surface area contributed by atoms with Crippen molar-refractivity contribution in [1.82, 2.24) is 10.6 Å². The largest absolute Gasteiger partial charge is 0.497 e. The van der Waals surface area contributed by atoms with Crippen LogP contribution in [0.3, 0.4) is 0 Å². The third-order valence-electron chi connectivity index (χ3n) is 4.93. The third-order valence-corrected chi connectivity index (χ3v) is 4.93. The van der Waals surface area contributed by atoms with Crippen LogP contribution in [-0.4, -0.2) is 42.9 Å². The zero-order chi connectivity index (χ0) is 17.8. The summed E-state index contributed by atoms with van der Waals surface area (Å²) in [5, 5.41) is 14.9. The number of rotatable bonds is 4. The molecule has 7 nitrogen and oxygen atoms in total. The Morgan fingerprint density at radius 1 is 1.16 bits per heavy atom. The number of carboxylic acid groups (broad SMARTS) is 1. The summed E-state index contributed by atoms with van der Waals surface area (Å²) in [6.45, 7) is 0.416. The number of aliphatic carboxylic acids is 1. The minimum atomic E-state index is -0.738. The number of carboxylic acids is 1. The average molecular weight is 348 g/mol. The van der Waals surface area contributed by atoms with Gasteiger partial charge in [-0.15, -0.1) is 0 Å². The quantitative estimate of drug-likeness (QED) is 0.773. The fraction of sp³-hybridized carbons (Fsp3) is 0.556. The summed E-state index contributed by atoms with van der Waals surface area (Å²) in [6.07, 6.45) is 3.34. The Bertz CT molecular complexity index is 640. The summed E-state index contributed by atoms with van der Waals surface area (Å²) >= 11 is 0. The van der Waals surface area contributed by atoms with Gasteiger partial charge >= 0.3 is 12.0 Å². The van der Waals surface area contributed by atoms with E-state index >= 15 is 0 Å². The topological polar surface area (TPSA) is 96.9 Å². The van der Waals surface area contributed by atoms with E-state index in [4.69, 9.17) is 14.6 Å². The number of urea groups is 1. The molecule has 1 fully saturated rings. The maximum atomic E-state index is 12.2. The van der Waals surface area contributed by atoms with Gasteiger partial charge in [0.2, 0.25) is 0 Å². The van der Waals surface area contributed by atoms with Crippen LogP contribution in [-0.2, 0) is 11.2 Å². The Hall–Kier alpha value is -2.44. The predicted octanol–water partition coefficient (Wildman–Crippen LogP) is 1.94. The number of carbonyl (C=O) groups is 2. The van der Waals surface area contributed by atoms with Gasteiger partial charge in [-0.05, 0) is 43.7 Å². The van der Waals surface area contributed by atoms with Crippen molar-refractivity contribution in [3.05, 3.63) is 23.8 Å². The van der Waals surface area contributed by atoms with Crippen LogP contribution < -0.4 is 20.1 Å². The van der Waals surface area contributed by atoms with Gasteiger partial charge < -0.3 is 25.2 Å². The summed E-state index contributed by atoms with van der Waals surface area (Å²) in [4.78, 5) is 23.2. The Balaban J connectivity index is 1.47. The summed E-state index contributed by atoms with van der Waals surface area (Å²) < 4.78 is 10.9. The van der Waals surface area contributed by atoms with E-state index in [9.17, 15) is 9.59 Å². The molecule has 25 heavy (non-hydrogen) atoms. The number of carbonyl (C=O) groups excluding carboxylic acids is 1. The van der Waals surface area contributed by atoms with Gasteiger partial charge in [0.1, 0.15) is 18.1 Å². The fourth-order valence-corrected chi connectivity index (χ4v) is 3.47. The van der Waals surface area contributed by atoms with Crippen molar-refractivity contribution in [2.24, 2.45) is 5.92 Å². The molecule has 2 aliphatic rings. The highest BCUT2D eigenvalue weighted by Crippen LogP contribution is 2.29. The van der Waals surface area contributed by atoms with E-state index in [0.29, 0.717) is 38.7 Å². The van der Waals surface area contributed by atoms with Gasteiger partial charge in [-0.2, -0.15) is 0 Å². The van der Waals surface area contributed by atoms with E-state index < -0.39 is 5.97 Å². The highest BCUT2D eigenvalue weighted by molar-refractivity contribution is 5.75. The van der Waals surface area contributed by atoms with Crippen molar-refractivity contribution in [3.8, 4) is 11.5 Å². The molecule has 0 spiro atoms. The van der Waals surface area contributed by atoms with Crippen molar-refractivity contribution >= 4 is 12.0 Å². The van der Waals surface area contributed by atoms with Crippen LogP contribution >= 0.6 is 0 Å². The molecule has 3 rings (SSSR count). The summed E-state index contributed by atoms with van der Waals surface area (Å²) in [5.74, 6) is 0.531. The van der Waals surface area contributed by atoms with Crippen LogP contribution in [0.4, 0.5) is 4.79 Å². The van der Waals surface area contributed by atoms with Crippen molar-refractivity contribution in [3.63, 3.8) is 0 Å². The molecular weight excluding hydrogens is 324 g/mol. The summed E-state index contributed by atoms with van der Waals surface area (Å²) in [6, 6.07) is 5.42. The molecule has 7 heteroatoms. The molecule has 2 amide bonds. The number of ether oxygens (including phenoxy) is 2. The first-order valence-electron chi connectivity index (χ1n) is 8.64. The van der Waals surface area contributed by atoms with E-state index in [1.54, 1.807) is 7.11 Å². The van der Waals surface area contributed by atoms with Gasteiger partial charge in [0.25, 0.3) is 0 Å². The molecule has 1 aliphatic carbocycles. The zero-order valence-electron chi connectivity index (χ0n) is 14.3. The van der Waals surface area contributed by atoms with Crippen molar-refractivity contribution in [2.75, 3.05) is 13.7 Å². The summed E-state index contributed by atoms with van der Waals surface area (Å²) in [7, 11) is 1.61. The number of fused-ring (bicyclic) bond motifs is 1. The zero-order valence-corrected chi connectivity index (χ0v) is 14.3. The molecule has 1 aromatic carbocycles. The lowest BCUT2D eigenvalue weighted by Crippen LogP contribution is -2.50. The summed E-state index contributed by atoms with van der Waals surface area (Å²) in [5.41, 5.74) is 1.04. The monoisotopic (exact) mass is 348 g/mol. The van der Waals surface area contributed by atoms with E-state index in [1.807, 2.05) is 18.2 Å². The molecule has 0 saturated heterocycles. The van der Waals surface area contributed by atoms with Crippen LogP contribution in [0.1, 0.15) is 31.2 Å². The minimum Gasteiger partial charge on any atom is -0.497 e. The number of hydrogen-bond acceptors (Lipinski definition) is 4. The highest BCUT2D eigenvalue weighted by atomic mass is 16.5. The molecule has 1 heterocycles. The Morgan fingerprint density at radius 2 is 1.88 bits per heavy atom. The first-order chi connectivity index (χ1) is 12.0. The lowest BCUT2D eigenvalue weighted by atomic mass is 9.86. The lowest BCUT2D eigenvalue weighted by Gasteiger charge is -2.29. The van der Waals surface area contributed by atoms with Gasteiger partial charge in [0, 0.05) is 12.1 Å². The molecule has 3 N–H and O–H groups in total. The lowest BCUT2D eigenvalue weighted by molar-refractivity contribution is -0.142. The van der Waals surface area contributed by atoms with Crippen LogP contribution in [0.5, 0.6) is 11.5 Å². The maximum Gasteiger partial charge on any atom is 0.315 e. The van der Waals surface area contributed by atoms with Crippen LogP contribution in [0.15, 0.2) is 18.2 Å². The van der Waals surface area contributed by atoms with Gasteiger partial charge in [0.05, 0.1) is 19.1 Å². The first kappa shape index (κ1) is 17.4. The van der Waals surface area contributed by atoms with E-state index in [1.165, 1.54) is 0 Å². The normalized spacial score (nSPS) is 25.2. The third kappa shape index (κ3) is 4.35. The van der Waals surface area contributed by atoms with Gasteiger partial charge in [-0.25, -0.2) is 4.79 Å². The molecule has 1 aromatic rings. The number of benzene rings is 1. The van der Waals surface area contributed by atoms with E-state index in [2.05, 4.69) is 10.6 Å². The van der Waals surface area contributed by atoms with E-state index in [0.717, 1.165) is 17.1 Å². The number of methoxy groups -OCH3 is 1. The fourth-order valence-electron chi connectivity index (χ4n) is 3.47. The van der Waals surface area contributed by atoms with Crippen molar-refractivity contribution < 1.29 is 24.2 Å². The number of nitrogens with one attached hydrogen (secondary N) is 2.